The summed E-state index contributed by atoms with van der Waals surface area (Å²) in [7, 11) is 0. The number of rotatable bonds is 6. The molecular weight excluding hydrogens is 192 g/mol. The Morgan fingerprint density at radius 3 is 1.64 bits per heavy atom. The first-order valence-corrected chi connectivity index (χ1v) is 6.25. The van der Waals surface area contributed by atoms with Gasteiger partial charge in [-0.15, -0.1) is 0 Å². The lowest BCUT2D eigenvalue weighted by Gasteiger charge is -2.04. The molecule has 0 aliphatic heterocycles. The fourth-order valence-corrected chi connectivity index (χ4v) is 2.46. The predicted octanol–water partition coefficient (Wildman–Crippen LogP) is 3.14. The van der Waals surface area contributed by atoms with Gasteiger partial charge in [0.1, 0.15) is 0 Å². The molecule has 0 saturated heterocycles. The van der Waals surface area contributed by atoms with Crippen LogP contribution in [0.2, 0.25) is 0 Å². The summed E-state index contributed by atoms with van der Waals surface area (Å²) in [5, 5.41) is 1.10. The summed E-state index contributed by atoms with van der Waals surface area (Å²) in [6.07, 6.45) is 2.43. The van der Waals surface area contributed by atoms with E-state index in [2.05, 4.69) is 39.1 Å². The molecule has 0 aromatic carbocycles. The van der Waals surface area contributed by atoms with Crippen LogP contribution < -0.4 is 0 Å². The number of thioether (sulfide) groups is 1. The second-order valence-electron chi connectivity index (χ2n) is 2.89. The summed E-state index contributed by atoms with van der Waals surface area (Å²) in [5.41, 5.74) is 0. The van der Waals surface area contributed by atoms with Crippen molar-refractivity contribution in [2.24, 2.45) is 0 Å². The molecule has 0 spiro atoms. The molecule has 0 amide bonds. The van der Waals surface area contributed by atoms with Crippen LogP contribution in [0.5, 0.6) is 0 Å². The van der Waals surface area contributed by atoms with E-state index in [1.165, 1.54) is 24.3 Å². The normalized spacial score (nSPS) is 16.4. The number of thiol groups is 2. The van der Waals surface area contributed by atoms with Crippen LogP contribution in [-0.4, -0.2) is 22.0 Å². The highest BCUT2D eigenvalue weighted by atomic mass is 32.2. The van der Waals surface area contributed by atoms with Crippen molar-refractivity contribution in [3.63, 3.8) is 0 Å². The average Bonchev–Trinajstić information content (AvgIpc) is 1.85. The van der Waals surface area contributed by atoms with Crippen molar-refractivity contribution in [1.29, 1.82) is 0 Å². The summed E-state index contributed by atoms with van der Waals surface area (Å²) in [6.45, 7) is 4.29. The van der Waals surface area contributed by atoms with Gasteiger partial charge in [-0.2, -0.15) is 37.0 Å². The summed E-state index contributed by atoms with van der Waals surface area (Å²) in [6, 6.07) is 0. The maximum Gasteiger partial charge on any atom is -0.000374 e. The first-order chi connectivity index (χ1) is 5.13. The highest BCUT2D eigenvalue weighted by Crippen LogP contribution is 2.11. The van der Waals surface area contributed by atoms with Gasteiger partial charge < -0.3 is 0 Å². The molecule has 0 aromatic rings. The Hall–Kier alpha value is 1.05. The van der Waals surface area contributed by atoms with Crippen molar-refractivity contribution in [2.75, 3.05) is 11.5 Å². The van der Waals surface area contributed by atoms with E-state index in [1.807, 2.05) is 11.8 Å². The number of hydrogen-bond donors (Lipinski definition) is 2. The second-order valence-corrected chi connectivity index (χ2v) is 5.88. The van der Waals surface area contributed by atoms with Crippen LogP contribution in [0.15, 0.2) is 0 Å². The number of hydrogen-bond acceptors (Lipinski definition) is 3. The second kappa shape index (κ2) is 7.69. The maximum absolute atomic E-state index is 4.31. The molecule has 2 unspecified atom stereocenters. The van der Waals surface area contributed by atoms with E-state index in [4.69, 9.17) is 0 Å². The molecule has 0 heterocycles. The zero-order valence-electron chi connectivity index (χ0n) is 7.29. The molecule has 0 aromatic heterocycles. The van der Waals surface area contributed by atoms with E-state index in [0.29, 0.717) is 10.5 Å². The monoisotopic (exact) mass is 210 g/mol. The maximum atomic E-state index is 4.31. The van der Waals surface area contributed by atoms with Gasteiger partial charge in [-0.1, -0.05) is 13.8 Å². The zero-order chi connectivity index (χ0) is 8.69. The molecule has 0 rings (SSSR count). The molecule has 0 fully saturated rings. The lowest BCUT2D eigenvalue weighted by molar-refractivity contribution is 0.906. The summed E-state index contributed by atoms with van der Waals surface area (Å²) in [5.74, 6) is 2.48. The zero-order valence-corrected chi connectivity index (χ0v) is 9.89. The Balaban J connectivity index is 2.91. The van der Waals surface area contributed by atoms with Gasteiger partial charge in [0.25, 0.3) is 0 Å². The molecule has 0 N–H and O–H groups in total. The third kappa shape index (κ3) is 11.0. The van der Waals surface area contributed by atoms with Gasteiger partial charge in [0.15, 0.2) is 0 Å². The highest BCUT2D eigenvalue weighted by molar-refractivity contribution is 7.99. The van der Waals surface area contributed by atoms with Crippen LogP contribution in [0.4, 0.5) is 0 Å². The quantitative estimate of drug-likeness (QED) is 0.502. The summed E-state index contributed by atoms with van der Waals surface area (Å²) in [4.78, 5) is 0. The van der Waals surface area contributed by atoms with E-state index in [-0.39, 0.29) is 0 Å². The van der Waals surface area contributed by atoms with Gasteiger partial charge >= 0.3 is 0 Å². The molecule has 0 nitrogen and oxygen atoms in total. The van der Waals surface area contributed by atoms with Gasteiger partial charge in [0.2, 0.25) is 0 Å². The SMILES string of the molecule is CC(S)CCSCCC(C)S. The first kappa shape index (κ1) is 12.0. The summed E-state index contributed by atoms with van der Waals surface area (Å²) >= 11 is 10.6. The van der Waals surface area contributed by atoms with E-state index >= 15 is 0 Å². The Morgan fingerprint density at radius 2 is 1.36 bits per heavy atom. The molecule has 0 saturated carbocycles. The van der Waals surface area contributed by atoms with Crippen molar-refractivity contribution in [2.45, 2.75) is 37.2 Å². The van der Waals surface area contributed by atoms with Crippen LogP contribution in [0, 0.1) is 0 Å². The van der Waals surface area contributed by atoms with E-state index < -0.39 is 0 Å². The predicted molar refractivity (Wildman–Crippen MR) is 63.5 cm³/mol. The van der Waals surface area contributed by atoms with Crippen molar-refractivity contribution in [3.05, 3.63) is 0 Å². The molecular formula is C8H18S3. The Morgan fingerprint density at radius 1 is 1.00 bits per heavy atom. The topological polar surface area (TPSA) is 0 Å². The Bertz CT molecular complexity index is 71.4. The van der Waals surface area contributed by atoms with Gasteiger partial charge in [-0.3, -0.25) is 0 Å². The molecule has 0 aliphatic carbocycles. The first-order valence-electron chi connectivity index (χ1n) is 4.06. The smallest absolute Gasteiger partial charge is 0.000374 e. The summed E-state index contributed by atoms with van der Waals surface area (Å²) < 4.78 is 0. The molecule has 2 atom stereocenters. The van der Waals surface area contributed by atoms with Gasteiger partial charge in [0.05, 0.1) is 0 Å². The minimum Gasteiger partial charge on any atom is -0.176 e. The van der Waals surface area contributed by atoms with Crippen molar-refractivity contribution < 1.29 is 0 Å². The Kier molecular flexibility index (Phi) is 8.42. The average molecular weight is 210 g/mol. The highest BCUT2D eigenvalue weighted by Gasteiger charge is 1.96. The lowest BCUT2D eigenvalue weighted by Crippen LogP contribution is -1.96. The molecule has 0 radical (unpaired) electrons. The standard InChI is InChI=1S/C8H18S3/c1-7(9)3-5-11-6-4-8(2)10/h7-10H,3-6H2,1-2H3. The fraction of sp³-hybridized carbons (Fsp3) is 1.00. The molecule has 0 aliphatic rings. The van der Waals surface area contributed by atoms with Gasteiger partial charge in [-0.25, -0.2) is 0 Å². The van der Waals surface area contributed by atoms with Crippen molar-refractivity contribution >= 4 is 37.0 Å². The molecule has 3 heteroatoms. The third-order valence-electron chi connectivity index (χ3n) is 1.36. The lowest BCUT2D eigenvalue weighted by atomic mass is 10.4. The van der Waals surface area contributed by atoms with Gasteiger partial charge in [-0.05, 0) is 34.8 Å². The minimum absolute atomic E-state index is 0.552. The molecule has 68 valence electrons. The minimum atomic E-state index is 0.552. The van der Waals surface area contributed by atoms with Crippen LogP contribution in [0.3, 0.4) is 0 Å². The van der Waals surface area contributed by atoms with E-state index in [1.54, 1.807) is 0 Å². The fourth-order valence-electron chi connectivity index (χ4n) is 0.610. The van der Waals surface area contributed by atoms with Crippen molar-refractivity contribution in [3.8, 4) is 0 Å². The Labute approximate surface area is 85.7 Å². The third-order valence-corrected chi connectivity index (χ3v) is 2.93. The van der Waals surface area contributed by atoms with Crippen LogP contribution in [0.1, 0.15) is 26.7 Å². The van der Waals surface area contributed by atoms with E-state index in [9.17, 15) is 0 Å². The van der Waals surface area contributed by atoms with Crippen LogP contribution >= 0.6 is 37.0 Å². The largest absolute Gasteiger partial charge is 0.176 e. The molecule has 0 bridgehead atoms. The van der Waals surface area contributed by atoms with Gasteiger partial charge in [0, 0.05) is 0 Å². The van der Waals surface area contributed by atoms with Crippen LogP contribution in [0.25, 0.3) is 0 Å². The van der Waals surface area contributed by atoms with Crippen LogP contribution in [-0.2, 0) is 0 Å². The van der Waals surface area contributed by atoms with Crippen molar-refractivity contribution in [1.82, 2.24) is 0 Å². The van der Waals surface area contributed by atoms with E-state index in [0.717, 1.165) is 0 Å². The molecule has 11 heavy (non-hydrogen) atoms.